The van der Waals surface area contributed by atoms with Crippen molar-refractivity contribution >= 4 is 0 Å². The topological polar surface area (TPSA) is 7.76 Å². The summed E-state index contributed by atoms with van der Waals surface area (Å²) in [4.78, 5) is 0. The Morgan fingerprint density at radius 1 is 0.933 bits per heavy atom. The van der Waals surface area contributed by atoms with E-state index in [0.717, 1.165) is 6.54 Å². The Balaban J connectivity index is 2.59. The predicted octanol–water partition coefficient (Wildman–Crippen LogP) is 1.49. The zero-order chi connectivity index (χ0) is 10.7. The summed E-state index contributed by atoms with van der Waals surface area (Å²) >= 11 is 0. The molecule has 2 rings (SSSR count). The van der Waals surface area contributed by atoms with Crippen LogP contribution in [0.2, 0.25) is 0 Å². The van der Waals surface area contributed by atoms with Gasteiger partial charge in [0.2, 0.25) is 0 Å². The molecule has 0 amide bonds. The van der Waals surface area contributed by atoms with Crippen molar-refractivity contribution in [3.63, 3.8) is 0 Å². The summed E-state index contributed by atoms with van der Waals surface area (Å²) < 4.78 is 4.39. The van der Waals surface area contributed by atoms with Gasteiger partial charge in [0.25, 0.3) is 11.4 Å². The zero-order valence-electron chi connectivity index (χ0n) is 9.22. The van der Waals surface area contributed by atoms with E-state index in [1.165, 1.54) is 11.4 Å². The Morgan fingerprint density at radius 2 is 1.60 bits per heavy atom. The molecular weight excluding hydrogens is 184 g/mol. The number of nitrogens with zero attached hydrogens (tertiary/aromatic N) is 2. The van der Waals surface area contributed by atoms with Gasteiger partial charge >= 0.3 is 0 Å². The molecule has 76 valence electrons. The van der Waals surface area contributed by atoms with Crippen LogP contribution in [0.4, 0.5) is 0 Å². The molecule has 0 aromatic carbocycles. The van der Waals surface area contributed by atoms with Crippen LogP contribution >= 0.6 is 0 Å². The molecule has 0 radical (unpaired) electrons. The number of aryl methyl sites for hydroxylation is 2. The first-order valence-electron chi connectivity index (χ1n) is 5.26. The van der Waals surface area contributed by atoms with Crippen LogP contribution in [0, 0.1) is 0 Å². The largest absolute Gasteiger partial charge is 0.277 e. The van der Waals surface area contributed by atoms with Crippen molar-refractivity contribution in [3.05, 3.63) is 48.8 Å². The molecule has 0 saturated carbocycles. The Kier molecular flexibility index (Phi) is 2.77. The molecule has 0 fully saturated rings. The monoisotopic (exact) mass is 200 g/mol. The van der Waals surface area contributed by atoms with Gasteiger partial charge in [-0.1, -0.05) is 0 Å². The van der Waals surface area contributed by atoms with Gasteiger partial charge in [0.05, 0.1) is 0 Å². The highest BCUT2D eigenvalue weighted by atomic mass is 15.0. The summed E-state index contributed by atoms with van der Waals surface area (Å²) in [6.45, 7) is 3.15. The van der Waals surface area contributed by atoms with Crippen molar-refractivity contribution in [1.29, 1.82) is 0 Å². The lowest BCUT2D eigenvalue weighted by Crippen LogP contribution is -2.40. The lowest BCUT2D eigenvalue weighted by molar-refractivity contribution is -0.703. The van der Waals surface area contributed by atoms with Gasteiger partial charge in [-0.25, -0.2) is 0 Å². The van der Waals surface area contributed by atoms with Gasteiger partial charge in [0.15, 0.2) is 12.4 Å². The molecule has 0 atom stereocenters. The quantitative estimate of drug-likeness (QED) is 0.649. The van der Waals surface area contributed by atoms with Crippen molar-refractivity contribution in [2.24, 2.45) is 7.05 Å². The average molecular weight is 200 g/mol. The van der Waals surface area contributed by atoms with Crippen molar-refractivity contribution in [2.75, 3.05) is 0 Å². The fourth-order valence-electron chi connectivity index (χ4n) is 1.77. The molecule has 0 spiro atoms. The van der Waals surface area contributed by atoms with Gasteiger partial charge in [-0.15, -0.1) is 0 Å². The smallest absolute Gasteiger partial charge is 0.196 e. The molecule has 0 N–H and O–H groups in total. The molecule has 0 aliphatic rings. The maximum atomic E-state index is 2.25. The first-order chi connectivity index (χ1) is 7.33. The van der Waals surface area contributed by atoms with E-state index >= 15 is 0 Å². The highest BCUT2D eigenvalue weighted by Gasteiger charge is 2.18. The molecule has 2 nitrogen and oxygen atoms in total. The lowest BCUT2D eigenvalue weighted by atomic mass is 10.2. The standard InChI is InChI=1S/C13H16N2/c1-3-15-11-7-5-9-13(15)12-8-4-6-10-14(12)2/h4-11H,3H2,1-2H3/q+2. The predicted molar refractivity (Wildman–Crippen MR) is 58.9 cm³/mol. The van der Waals surface area contributed by atoms with Gasteiger partial charge in [0.1, 0.15) is 13.6 Å². The Labute approximate surface area is 90.4 Å². The number of hydrogen-bond acceptors (Lipinski definition) is 0. The Hall–Kier alpha value is -1.70. The fraction of sp³-hybridized carbons (Fsp3) is 0.231. The third-order valence-corrected chi connectivity index (χ3v) is 2.60. The van der Waals surface area contributed by atoms with Crippen LogP contribution in [0.5, 0.6) is 0 Å². The van der Waals surface area contributed by atoms with Crippen molar-refractivity contribution in [3.8, 4) is 11.4 Å². The van der Waals surface area contributed by atoms with Gasteiger partial charge in [0, 0.05) is 24.3 Å². The summed E-state index contributed by atoms with van der Waals surface area (Å²) in [5.74, 6) is 0. The van der Waals surface area contributed by atoms with Crippen LogP contribution in [-0.4, -0.2) is 0 Å². The first kappa shape index (κ1) is 9.84. The second-order valence-electron chi connectivity index (χ2n) is 3.57. The minimum atomic E-state index is 0.991. The zero-order valence-corrected chi connectivity index (χ0v) is 9.22. The maximum Gasteiger partial charge on any atom is 0.277 e. The molecule has 2 heterocycles. The number of pyridine rings is 2. The van der Waals surface area contributed by atoms with Gasteiger partial charge in [-0.2, -0.15) is 9.13 Å². The molecule has 2 aromatic rings. The summed E-state index contributed by atoms with van der Waals surface area (Å²) in [5, 5.41) is 0. The van der Waals surface area contributed by atoms with E-state index < -0.39 is 0 Å². The molecule has 0 unspecified atom stereocenters. The highest BCUT2D eigenvalue weighted by Crippen LogP contribution is 2.08. The minimum absolute atomic E-state index is 0.991. The van der Waals surface area contributed by atoms with Crippen LogP contribution in [0.25, 0.3) is 11.4 Å². The number of hydrogen-bond donors (Lipinski definition) is 0. The summed E-state index contributed by atoms with van der Waals surface area (Å²) in [6, 6.07) is 12.6. The third kappa shape index (κ3) is 1.89. The molecule has 2 heteroatoms. The Morgan fingerprint density at radius 3 is 2.27 bits per heavy atom. The molecule has 0 aliphatic carbocycles. The van der Waals surface area contributed by atoms with Crippen molar-refractivity contribution < 1.29 is 9.13 Å². The summed E-state index contributed by atoms with van der Waals surface area (Å²) in [6.07, 6.45) is 4.19. The van der Waals surface area contributed by atoms with Crippen LogP contribution < -0.4 is 9.13 Å². The van der Waals surface area contributed by atoms with Gasteiger partial charge in [-0.05, 0) is 19.1 Å². The summed E-state index contributed by atoms with van der Waals surface area (Å²) in [7, 11) is 2.07. The van der Waals surface area contributed by atoms with E-state index in [1.54, 1.807) is 0 Å². The molecule has 2 aromatic heterocycles. The average Bonchev–Trinajstić information content (AvgIpc) is 2.30. The SMILES string of the molecule is CC[n+]1ccccc1-c1cccc[n+]1C. The first-order valence-corrected chi connectivity index (χ1v) is 5.26. The number of rotatable bonds is 2. The van der Waals surface area contributed by atoms with Crippen LogP contribution in [0.3, 0.4) is 0 Å². The highest BCUT2D eigenvalue weighted by molar-refractivity contribution is 5.45. The maximum absolute atomic E-state index is 2.25. The minimum Gasteiger partial charge on any atom is -0.196 e. The van der Waals surface area contributed by atoms with E-state index in [2.05, 4.69) is 65.8 Å². The summed E-state index contributed by atoms with van der Waals surface area (Å²) in [5.41, 5.74) is 2.49. The van der Waals surface area contributed by atoms with Crippen molar-refractivity contribution in [2.45, 2.75) is 13.5 Å². The molecular formula is C13H16N2+2. The molecule has 0 saturated heterocycles. The fourth-order valence-corrected chi connectivity index (χ4v) is 1.77. The second-order valence-corrected chi connectivity index (χ2v) is 3.57. The van der Waals surface area contributed by atoms with E-state index in [4.69, 9.17) is 0 Å². The van der Waals surface area contributed by atoms with E-state index in [0.29, 0.717) is 0 Å². The van der Waals surface area contributed by atoms with Gasteiger partial charge < -0.3 is 0 Å². The second kappa shape index (κ2) is 4.22. The Bertz CT molecular complexity index is 464. The van der Waals surface area contributed by atoms with E-state index in [-0.39, 0.29) is 0 Å². The molecule has 15 heavy (non-hydrogen) atoms. The number of aromatic nitrogens is 2. The van der Waals surface area contributed by atoms with E-state index in [9.17, 15) is 0 Å². The van der Waals surface area contributed by atoms with E-state index in [1.807, 2.05) is 6.07 Å². The molecule has 0 aliphatic heterocycles. The van der Waals surface area contributed by atoms with Gasteiger partial charge in [-0.3, -0.25) is 0 Å². The van der Waals surface area contributed by atoms with Crippen LogP contribution in [0.15, 0.2) is 48.8 Å². The van der Waals surface area contributed by atoms with Crippen molar-refractivity contribution in [1.82, 2.24) is 0 Å². The third-order valence-electron chi connectivity index (χ3n) is 2.60. The van der Waals surface area contributed by atoms with Crippen LogP contribution in [-0.2, 0) is 13.6 Å². The molecule has 0 bridgehead atoms. The lowest BCUT2D eigenvalue weighted by Gasteiger charge is -1.99. The normalized spacial score (nSPS) is 10.3. The van der Waals surface area contributed by atoms with Crippen LogP contribution in [0.1, 0.15) is 6.92 Å².